The number of aryl methyl sites for hydroxylation is 2. The molecule has 4 unspecified atom stereocenters. The molecular formula is C26H35N3O2S2. The highest BCUT2D eigenvalue weighted by Crippen LogP contribution is 2.49. The van der Waals surface area contributed by atoms with E-state index >= 15 is 0 Å². The zero-order chi connectivity index (χ0) is 22.5. The van der Waals surface area contributed by atoms with E-state index in [-0.39, 0.29) is 23.6 Å². The lowest BCUT2D eigenvalue weighted by atomic mass is 9.84. The first kappa shape index (κ1) is 22.1. The topological polar surface area (TPSA) is 64.0 Å². The molecule has 0 saturated heterocycles. The Labute approximate surface area is 204 Å². The lowest BCUT2D eigenvalue weighted by Crippen LogP contribution is -2.41. The number of nitrogens with one attached hydrogen (secondary N) is 1. The first-order chi connectivity index (χ1) is 16.1. The average molecular weight is 486 g/mol. The molecule has 6 rings (SSSR count). The summed E-state index contributed by atoms with van der Waals surface area (Å²) < 4.78 is 1.97. The van der Waals surface area contributed by atoms with E-state index < -0.39 is 0 Å². The van der Waals surface area contributed by atoms with Gasteiger partial charge in [-0.15, -0.1) is 11.3 Å². The van der Waals surface area contributed by atoms with Crippen molar-refractivity contribution in [1.29, 1.82) is 0 Å². The number of rotatable bonds is 6. The van der Waals surface area contributed by atoms with Crippen LogP contribution in [0.2, 0.25) is 0 Å². The number of thiophene rings is 1. The molecule has 5 nitrogen and oxygen atoms in total. The minimum Gasteiger partial charge on any atom is -0.353 e. The summed E-state index contributed by atoms with van der Waals surface area (Å²) in [5.41, 5.74) is 1.41. The molecule has 4 aliphatic carbocycles. The van der Waals surface area contributed by atoms with Crippen molar-refractivity contribution in [2.75, 3.05) is 5.75 Å². The predicted octanol–water partition coefficient (Wildman–Crippen LogP) is 5.48. The molecule has 1 amide bonds. The van der Waals surface area contributed by atoms with Crippen LogP contribution in [0.3, 0.4) is 0 Å². The molecule has 0 aromatic carbocycles. The second kappa shape index (κ2) is 9.03. The molecule has 2 bridgehead atoms. The maximum absolute atomic E-state index is 13.8. The largest absolute Gasteiger partial charge is 0.353 e. The molecule has 3 fully saturated rings. The Hall–Kier alpha value is -1.34. The third-order valence-corrected chi connectivity index (χ3v) is 11.0. The van der Waals surface area contributed by atoms with Gasteiger partial charge in [0.1, 0.15) is 4.83 Å². The maximum atomic E-state index is 13.8. The number of hydrogen-bond acceptors (Lipinski definition) is 5. The van der Waals surface area contributed by atoms with Crippen molar-refractivity contribution in [3.8, 4) is 0 Å². The number of nitrogens with zero attached hydrogens (tertiary/aromatic N) is 2. The van der Waals surface area contributed by atoms with Crippen LogP contribution < -0.4 is 10.9 Å². The normalized spacial score (nSPS) is 27.8. The van der Waals surface area contributed by atoms with Crippen molar-refractivity contribution in [2.45, 2.75) is 101 Å². The second-order valence-electron chi connectivity index (χ2n) is 10.9. The summed E-state index contributed by atoms with van der Waals surface area (Å²) in [6.45, 7) is 2.18. The molecule has 0 radical (unpaired) electrons. The molecule has 7 heteroatoms. The van der Waals surface area contributed by atoms with Crippen LogP contribution >= 0.6 is 23.1 Å². The van der Waals surface area contributed by atoms with Crippen molar-refractivity contribution in [1.82, 2.24) is 14.9 Å². The Bertz CT molecular complexity index is 1120. The Balaban J connectivity index is 1.23. The first-order valence-corrected chi connectivity index (χ1v) is 14.9. The predicted molar refractivity (Wildman–Crippen MR) is 135 cm³/mol. The van der Waals surface area contributed by atoms with E-state index in [2.05, 4.69) is 12.2 Å². The summed E-state index contributed by atoms with van der Waals surface area (Å²) in [5, 5.41) is 4.91. The smallest absolute Gasteiger partial charge is 0.263 e. The lowest BCUT2D eigenvalue weighted by molar-refractivity contribution is -0.119. The Morgan fingerprint density at radius 1 is 1.15 bits per heavy atom. The first-order valence-electron chi connectivity index (χ1n) is 13.1. The third kappa shape index (κ3) is 4.07. The van der Waals surface area contributed by atoms with Crippen molar-refractivity contribution < 1.29 is 4.79 Å². The van der Waals surface area contributed by atoms with Gasteiger partial charge in [0.15, 0.2) is 5.16 Å². The van der Waals surface area contributed by atoms with E-state index in [1.165, 1.54) is 73.6 Å². The molecule has 0 aliphatic heterocycles. The number of aromatic nitrogens is 2. The molecule has 2 heterocycles. The van der Waals surface area contributed by atoms with Gasteiger partial charge in [0.25, 0.3) is 5.56 Å². The number of amides is 1. The highest BCUT2D eigenvalue weighted by molar-refractivity contribution is 7.99. The van der Waals surface area contributed by atoms with Gasteiger partial charge >= 0.3 is 0 Å². The van der Waals surface area contributed by atoms with Crippen LogP contribution in [-0.2, 0) is 17.6 Å². The number of fused-ring (bicyclic) bond motifs is 5. The quantitative estimate of drug-likeness (QED) is 0.434. The molecule has 178 valence electrons. The summed E-state index contributed by atoms with van der Waals surface area (Å²) in [5.74, 6) is 2.75. The van der Waals surface area contributed by atoms with Gasteiger partial charge < -0.3 is 5.32 Å². The van der Waals surface area contributed by atoms with Gasteiger partial charge in [0.2, 0.25) is 5.91 Å². The van der Waals surface area contributed by atoms with Gasteiger partial charge in [-0.1, -0.05) is 31.0 Å². The minimum absolute atomic E-state index is 0.0769. The van der Waals surface area contributed by atoms with Gasteiger partial charge in [-0.05, 0) is 88.0 Å². The molecule has 2 aromatic heterocycles. The van der Waals surface area contributed by atoms with Crippen LogP contribution in [0, 0.1) is 17.8 Å². The van der Waals surface area contributed by atoms with Gasteiger partial charge in [-0.2, -0.15) is 0 Å². The molecule has 1 N–H and O–H groups in total. The number of carbonyl (C=O) groups is 1. The van der Waals surface area contributed by atoms with Gasteiger partial charge in [0.05, 0.1) is 11.1 Å². The molecule has 0 spiro atoms. The Morgan fingerprint density at radius 3 is 2.73 bits per heavy atom. The van der Waals surface area contributed by atoms with Crippen LogP contribution in [0.25, 0.3) is 10.2 Å². The standard InChI is InChI=1S/C26H35N3O2S2/c1-15(20-13-16-10-11-17(20)12-16)27-22(30)14-32-26-28-24-23(19-8-4-5-9-21(19)33-24)25(31)29(26)18-6-2-3-7-18/h15-18,20H,2-14H2,1H3,(H,27,30). The van der Waals surface area contributed by atoms with Gasteiger partial charge in [-0.3, -0.25) is 14.2 Å². The molecule has 4 atom stereocenters. The minimum atomic E-state index is 0.0769. The molecule has 33 heavy (non-hydrogen) atoms. The SMILES string of the molecule is CC(NC(=O)CSc1nc2sc3c(c2c(=O)n1C1CCCC1)CCCC3)C1CC2CCC1C2. The van der Waals surface area contributed by atoms with Crippen LogP contribution in [-0.4, -0.2) is 27.3 Å². The third-order valence-electron chi connectivity index (χ3n) is 8.83. The van der Waals surface area contributed by atoms with Crippen LogP contribution in [0.4, 0.5) is 0 Å². The van der Waals surface area contributed by atoms with Gasteiger partial charge in [0, 0.05) is 17.0 Å². The van der Waals surface area contributed by atoms with Crippen LogP contribution in [0.1, 0.15) is 87.6 Å². The number of carbonyl (C=O) groups excluding carboxylic acids is 1. The van der Waals surface area contributed by atoms with Crippen molar-refractivity contribution >= 4 is 39.2 Å². The lowest BCUT2D eigenvalue weighted by Gasteiger charge is -2.28. The fraction of sp³-hybridized carbons (Fsp3) is 0.731. The fourth-order valence-electron chi connectivity index (χ4n) is 7.22. The average Bonchev–Trinajstić information content (AvgIpc) is 3.61. The van der Waals surface area contributed by atoms with E-state index in [0.717, 1.165) is 52.9 Å². The second-order valence-corrected chi connectivity index (χ2v) is 12.9. The van der Waals surface area contributed by atoms with Crippen molar-refractivity contribution in [2.24, 2.45) is 17.8 Å². The Morgan fingerprint density at radius 2 is 1.97 bits per heavy atom. The Kier molecular flexibility index (Phi) is 6.06. The van der Waals surface area contributed by atoms with E-state index in [1.54, 1.807) is 11.3 Å². The fourth-order valence-corrected chi connectivity index (χ4v) is 9.40. The monoisotopic (exact) mass is 485 g/mol. The van der Waals surface area contributed by atoms with Crippen LogP contribution in [0.15, 0.2) is 9.95 Å². The zero-order valence-electron chi connectivity index (χ0n) is 19.6. The molecule has 3 saturated carbocycles. The van der Waals surface area contributed by atoms with E-state index in [9.17, 15) is 9.59 Å². The zero-order valence-corrected chi connectivity index (χ0v) is 21.2. The summed E-state index contributed by atoms with van der Waals surface area (Å²) in [4.78, 5) is 33.9. The number of thioether (sulfide) groups is 1. The highest BCUT2D eigenvalue weighted by Gasteiger charge is 2.42. The summed E-state index contributed by atoms with van der Waals surface area (Å²) in [6, 6.07) is 0.469. The van der Waals surface area contributed by atoms with E-state index in [1.807, 2.05) is 4.57 Å². The summed E-state index contributed by atoms with van der Waals surface area (Å²) >= 11 is 3.17. The molecule has 2 aromatic rings. The highest BCUT2D eigenvalue weighted by atomic mass is 32.2. The molecular weight excluding hydrogens is 450 g/mol. The van der Waals surface area contributed by atoms with Crippen LogP contribution in [0.5, 0.6) is 0 Å². The van der Waals surface area contributed by atoms with Gasteiger partial charge in [-0.25, -0.2) is 4.98 Å². The summed E-state index contributed by atoms with van der Waals surface area (Å²) in [7, 11) is 0. The van der Waals surface area contributed by atoms with E-state index in [0.29, 0.717) is 11.7 Å². The van der Waals surface area contributed by atoms with Crippen molar-refractivity contribution in [3.05, 3.63) is 20.8 Å². The maximum Gasteiger partial charge on any atom is 0.263 e. The van der Waals surface area contributed by atoms with Crippen molar-refractivity contribution in [3.63, 3.8) is 0 Å². The molecule has 4 aliphatic rings. The van der Waals surface area contributed by atoms with E-state index in [4.69, 9.17) is 4.98 Å². The summed E-state index contributed by atoms with van der Waals surface area (Å²) in [6.07, 6.45) is 14.2. The number of hydrogen-bond donors (Lipinski definition) is 1.